The first-order chi connectivity index (χ1) is 14.5. The molecule has 0 unspecified atom stereocenters. The van der Waals surface area contributed by atoms with Crippen LogP contribution in [0.4, 0.5) is 4.39 Å². The minimum atomic E-state index is -3.81. The Hall–Kier alpha value is -2.25. The van der Waals surface area contributed by atoms with Gasteiger partial charge in [-0.3, -0.25) is 4.79 Å². The molecule has 1 amide bonds. The maximum absolute atomic E-state index is 13.9. The van der Waals surface area contributed by atoms with Crippen LogP contribution in [0.25, 0.3) is 0 Å². The van der Waals surface area contributed by atoms with E-state index in [0.29, 0.717) is 44.8 Å². The van der Waals surface area contributed by atoms with Crippen LogP contribution in [0.15, 0.2) is 59.5 Å². The summed E-state index contributed by atoms with van der Waals surface area (Å²) in [5.74, 6) is -0.361. The molecular weight excluding hydrogens is 403 g/mol. The van der Waals surface area contributed by atoms with Crippen molar-refractivity contribution in [2.45, 2.75) is 43.4 Å². The summed E-state index contributed by atoms with van der Waals surface area (Å²) in [5, 5.41) is 2.97. The molecule has 0 aliphatic carbocycles. The molecule has 0 aromatic heterocycles. The molecule has 0 saturated carbocycles. The molecule has 1 aliphatic heterocycles. The molecule has 7 heteroatoms. The van der Waals surface area contributed by atoms with E-state index in [4.69, 9.17) is 0 Å². The fourth-order valence-electron chi connectivity index (χ4n) is 3.82. The van der Waals surface area contributed by atoms with E-state index < -0.39 is 15.8 Å². The molecule has 1 heterocycles. The highest BCUT2D eigenvalue weighted by Gasteiger charge is 2.31. The maximum Gasteiger partial charge on any atom is 0.245 e. The van der Waals surface area contributed by atoms with Gasteiger partial charge in [-0.15, -0.1) is 0 Å². The zero-order chi connectivity index (χ0) is 21.4. The van der Waals surface area contributed by atoms with Gasteiger partial charge in [-0.25, -0.2) is 12.8 Å². The van der Waals surface area contributed by atoms with Crippen LogP contribution < -0.4 is 5.32 Å². The predicted molar refractivity (Wildman–Crippen MR) is 115 cm³/mol. The summed E-state index contributed by atoms with van der Waals surface area (Å²) in [7, 11) is -3.81. The summed E-state index contributed by atoms with van der Waals surface area (Å²) in [6.07, 6.45) is 4.43. The summed E-state index contributed by atoms with van der Waals surface area (Å²) in [4.78, 5) is 11.8. The quantitative estimate of drug-likeness (QED) is 0.614. The Morgan fingerprint density at radius 1 is 1.03 bits per heavy atom. The van der Waals surface area contributed by atoms with Gasteiger partial charge in [0.05, 0.1) is 0 Å². The van der Waals surface area contributed by atoms with Crippen molar-refractivity contribution >= 4 is 15.9 Å². The molecule has 2 aromatic rings. The van der Waals surface area contributed by atoms with Crippen molar-refractivity contribution in [3.63, 3.8) is 0 Å². The maximum atomic E-state index is 13.9. The van der Waals surface area contributed by atoms with Gasteiger partial charge in [-0.1, -0.05) is 42.5 Å². The molecular formula is C23H29FN2O3S. The number of halogens is 1. The summed E-state index contributed by atoms with van der Waals surface area (Å²) in [6, 6.07) is 15.7. The predicted octanol–water partition coefficient (Wildman–Crippen LogP) is 3.76. The molecule has 0 atom stereocenters. The SMILES string of the molecule is O=C(CCC1CCN(S(=O)(=O)c2ccccc2F)CC1)NCCCc1ccccc1. The van der Waals surface area contributed by atoms with Crippen LogP contribution >= 0.6 is 0 Å². The van der Waals surface area contributed by atoms with Crippen LogP contribution in [0.1, 0.15) is 37.7 Å². The topological polar surface area (TPSA) is 66.5 Å². The molecule has 0 spiro atoms. The number of hydrogen-bond acceptors (Lipinski definition) is 3. The van der Waals surface area contributed by atoms with Crippen LogP contribution in [0, 0.1) is 11.7 Å². The number of aryl methyl sites for hydroxylation is 1. The van der Waals surface area contributed by atoms with Gasteiger partial charge in [0.1, 0.15) is 10.7 Å². The first kappa shape index (κ1) is 22.4. The molecule has 1 N–H and O–H groups in total. The molecule has 1 saturated heterocycles. The molecule has 30 heavy (non-hydrogen) atoms. The number of carbonyl (C=O) groups excluding carboxylic acids is 1. The molecule has 0 bridgehead atoms. The Bertz CT molecular complexity index is 926. The second-order valence-corrected chi connectivity index (χ2v) is 9.66. The minimum Gasteiger partial charge on any atom is -0.356 e. The van der Waals surface area contributed by atoms with Gasteiger partial charge in [0.2, 0.25) is 15.9 Å². The van der Waals surface area contributed by atoms with E-state index in [-0.39, 0.29) is 10.8 Å². The second-order valence-electron chi connectivity index (χ2n) is 7.76. The Kier molecular flexibility index (Phi) is 7.99. The summed E-state index contributed by atoms with van der Waals surface area (Å²) in [6.45, 7) is 1.38. The van der Waals surface area contributed by atoms with Gasteiger partial charge in [0.25, 0.3) is 0 Å². The third kappa shape index (κ3) is 6.12. The Morgan fingerprint density at radius 3 is 2.40 bits per heavy atom. The van der Waals surface area contributed by atoms with Gasteiger partial charge in [-0.2, -0.15) is 4.31 Å². The molecule has 1 fully saturated rings. The van der Waals surface area contributed by atoms with Crippen molar-refractivity contribution in [1.82, 2.24) is 9.62 Å². The molecule has 0 radical (unpaired) electrons. The average molecular weight is 433 g/mol. The zero-order valence-electron chi connectivity index (χ0n) is 17.1. The van der Waals surface area contributed by atoms with Crippen LogP contribution in [0.5, 0.6) is 0 Å². The third-order valence-corrected chi connectivity index (χ3v) is 7.55. The molecule has 5 nitrogen and oxygen atoms in total. The minimum absolute atomic E-state index is 0.0458. The van der Waals surface area contributed by atoms with E-state index in [1.165, 1.54) is 28.1 Å². The van der Waals surface area contributed by atoms with E-state index in [9.17, 15) is 17.6 Å². The number of benzene rings is 2. The largest absolute Gasteiger partial charge is 0.356 e. The van der Waals surface area contributed by atoms with Crippen LogP contribution in [-0.4, -0.2) is 38.3 Å². The highest BCUT2D eigenvalue weighted by atomic mass is 32.2. The van der Waals surface area contributed by atoms with E-state index in [1.807, 2.05) is 18.2 Å². The van der Waals surface area contributed by atoms with Crippen molar-refractivity contribution < 1.29 is 17.6 Å². The molecule has 2 aromatic carbocycles. The first-order valence-electron chi connectivity index (χ1n) is 10.5. The number of hydrogen-bond donors (Lipinski definition) is 1. The van der Waals surface area contributed by atoms with Crippen LogP contribution in [-0.2, 0) is 21.2 Å². The number of piperidine rings is 1. The Balaban J connectivity index is 1.35. The van der Waals surface area contributed by atoms with Gasteiger partial charge in [-0.05, 0) is 55.7 Å². The zero-order valence-corrected chi connectivity index (χ0v) is 17.9. The molecule has 3 rings (SSSR count). The lowest BCUT2D eigenvalue weighted by molar-refractivity contribution is -0.121. The van der Waals surface area contributed by atoms with Crippen molar-refractivity contribution in [3.05, 3.63) is 66.0 Å². The lowest BCUT2D eigenvalue weighted by Gasteiger charge is -2.31. The first-order valence-corrected chi connectivity index (χ1v) is 12.0. The molecule has 162 valence electrons. The monoisotopic (exact) mass is 432 g/mol. The second kappa shape index (κ2) is 10.7. The van der Waals surface area contributed by atoms with Gasteiger partial charge in [0, 0.05) is 26.1 Å². The lowest BCUT2D eigenvalue weighted by atomic mass is 9.93. The lowest BCUT2D eigenvalue weighted by Crippen LogP contribution is -2.39. The fourth-order valence-corrected chi connectivity index (χ4v) is 5.35. The summed E-state index contributed by atoms with van der Waals surface area (Å²) < 4.78 is 40.6. The molecule has 1 aliphatic rings. The standard InChI is InChI=1S/C23H29FN2O3S/c24-21-10-4-5-11-22(21)30(28,29)26-17-14-20(15-18-26)12-13-23(27)25-16-6-9-19-7-2-1-3-8-19/h1-5,7-8,10-11,20H,6,9,12-18H2,(H,25,27). The highest BCUT2D eigenvalue weighted by molar-refractivity contribution is 7.89. The number of amides is 1. The number of nitrogens with zero attached hydrogens (tertiary/aromatic N) is 1. The Labute approximate surface area is 178 Å². The Morgan fingerprint density at radius 2 is 1.70 bits per heavy atom. The fraction of sp³-hybridized carbons (Fsp3) is 0.435. The highest BCUT2D eigenvalue weighted by Crippen LogP contribution is 2.27. The van der Waals surface area contributed by atoms with E-state index in [1.54, 1.807) is 0 Å². The van der Waals surface area contributed by atoms with Crippen molar-refractivity contribution in [1.29, 1.82) is 0 Å². The van der Waals surface area contributed by atoms with Crippen molar-refractivity contribution in [3.8, 4) is 0 Å². The van der Waals surface area contributed by atoms with E-state index in [0.717, 1.165) is 25.3 Å². The van der Waals surface area contributed by atoms with Crippen LogP contribution in [0.2, 0.25) is 0 Å². The normalized spacial score (nSPS) is 15.8. The average Bonchev–Trinajstić information content (AvgIpc) is 2.76. The summed E-state index contributed by atoms with van der Waals surface area (Å²) >= 11 is 0. The number of sulfonamides is 1. The number of rotatable bonds is 9. The van der Waals surface area contributed by atoms with Crippen LogP contribution in [0.3, 0.4) is 0 Å². The van der Waals surface area contributed by atoms with E-state index in [2.05, 4.69) is 17.4 Å². The van der Waals surface area contributed by atoms with E-state index >= 15 is 0 Å². The number of carbonyl (C=O) groups is 1. The van der Waals surface area contributed by atoms with Gasteiger partial charge >= 0.3 is 0 Å². The van der Waals surface area contributed by atoms with Crippen molar-refractivity contribution in [2.75, 3.05) is 19.6 Å². The number of nitrogens with one attached hydrogen (secondary N) is 1. The summed E-state index contributed by atoms with van der Waals surface area (Å²) in [5.41, 5.74) is 1.27. The van der Waals surface area contributed by atoms with Crippen molar-refractivity contribution in [2.24, 2.45) is 5.92 Å². The van der Waals surface area contributed by atoms with Gasteiger partial charge in [0.15, 0.2) is 0 Å². The smallest absolute Gasteiger partial charge is 0.245 e. The van der Waals surface area contributed by atoms with Gasteiger partial charge < -0.3 is 5.32 Å². The third-order valence-electron chi connectivity index (χ3n) is 5.61.